The number of carbonyl (C=O) groups is 2. The summed E-state index contributed by atoms with van der Waals surface area (Å²) in [6, 6.07) is 0. The largest absolute Gasteiger partial charge is 0.507 e. The van der Waals surface area contributed by atoms with E-state index in [0.717, 1.165) is 0 Å². The topological polar surface area (TPSA) is 118 Å². The molecule has 2 saturated heterocycles. The van der Waals surface area contributed by atoms with Crippen molar-refractivity contribution < 1.29 is 42.8 Å². The molecular formula is C15H14F2N2O7S. The van der Waals surface area contributed by atoms with E-state index in [1.165, 1.54) is 4.90 Å². The molecule has 0 aromatic heterocycles. The summed E-state index contributed by atoms with van der Waals surface area (Å²) in [5.41, 5.74) is -0.854. The van der Waals surface area contributed by atoms with Gasteiger partial charge in [-0.25, -0.2) is 9.69 Å². The lowest BCUT2D eigenvalue weighted by atomic mass is 9.86. The maximum Gasteiger partial charge on any atom is 0.347 e. The zero-order valence-electron chi connectivity index (χ0n) is 13.7. The molecule has 0 saturated carbocycles. The van der Waals surface area contributed by atoms with Crippen LogP contribution in [0.4, 0.5) is 8.78 Å². The van der Waals surface area contributed by atoms with Gasteiger partial charge in [-0.3, -0.25) is 4.79 Å². The van der Waals surface area contributed by atoms with E-state index in [0.29, 0.717) is 5.57 Å². The van der Waals surface area contributed by atoms with Crippen LogP contribution < -0.4 is 5.32 Å². The van der Waals surface area contributed by atoms with E-state index in [1.54, 1.807) is 0 Å². The van der Waals surface area contributed by atoms with Crippen LogP contribution in [0.15, 0.2) is 34.3 Å². The molecular weight excluding hydrogens is 390 g/mol. The number of hydrogen-bond acceptors (Lipinski definition) is 9. The van der Waals surface area contributed by atoms with Gasteiger partial charge in [0.25, 0.3) is 5.76 Å². The molecule has 5 aliphatic heterocycles. The Bertz CT molecular complexity index is 805. The predicted molar refractivity (Wildman–Crippen MR) is 85.2 cm³/mol. The van der Waals surface area contributed by atoms with E-state index >= 15 is 0 Å². The molecule has 0 aliphatic carbocycles. The molecule has 1 atom stereocenters. The Hall–Kier alpha value is -2.31. The third-order valence-corrected chi connectivity index (χ3v) is 5.16. The molecule has 0 radical (unpaired) electrons. The molecule has 9 nitrogen and oxygen atoms in total. The van der Waals surface area contributed by atoms with Gasteiger partial charge in [-0.15, -0.1) is 0 Å². The van der Waals surface area contributed by atoms with Crippen molar-refractivity contribution in [3.8, 4) is 0 Å². The Kier molecular flexibility index (Phi) is 4.28. The number of amides is 1. The predicted octanol–water partition coefficient (Wildman–Crippen LogP) is 0.481. The first kappa shape index (κ1) is 18.1. The van der Waals surface area contributed by atoms with Crippen LogP contribution in [0.25, 0.3) is 0 Å². The number of hydrogen-bond donors (Lipinski definition) is 3. The van der Waals surface area contributed by atoms with E-state index < -0.39 is 29.1 Å². The van der Waals surface area contributed by atoms with Crippen LogP contribution in [0.5, 0.6) is 0 Å². The highest BCUT2D eigenvalue weighted by Crippen LogP contribution is 2.52. The van der Waals surface area contributed by atoms with Gasteiger partial charge in [0.2, 0.25) is 11.6 Å². The highest BCUT2D eigenvalue weighted by atomic mass is 32.2. The van der Waals surface area contributed by atoms with Crippen molar-refractivity contribution in [1.29, 1.82) is 0 Å². The fraction of sp³-hybridized carbons (Fsp3) is 0.467. The highest BCUT2D eigenvalue weighted by Gasteiger charge is 2.66. The fourth-order valence-corrected chi connectivity index (χ4v) is 3.58. The fourth-order valence-electron chi connectivity index (χ4n) is 3.24. The lowest BCUT2D eigenvalue weighted by Gasteiger charge is -2.53. The number of thioether (sulfide) groups is 1. The number of carbonyl (C=O) groups excluding carboxylic acids is 2. The molecule has 1 unspecified atom stereocenters. The van der Waals surface area contributed by atoms with Gasteiger partial charge in [-0.2, -0.15) is 8.78 Å². The van der Waals surface area contributed by atoms with E-state index in [9.17, 15) is 28.6 Å². The van der Waals surface area contributed by atoms with Crippen LogP contribution in [-0.4, -0.2) is 70.5 Å². The maximum absolute atomic E-state index is 12.4. The Labute approximate surface area is 155 Å². The van der Waals surface area contributed by atoms with E-state index in [2.05, 4.69) is 5.32 Å². The molecule has 3 N–H and O–H groups in total. The third-order valence-electron chi connectivity index (χ3n) is 4.48. The van der Waals surface area contributed by atoms with Gasteiger partial charge in [0.15, 0.2) is 5.70 Å². The van der Waals surface area contributed by atoms with Gasteiger partial charge in [0.05, 0.1) is 32.1 Å². The number of ether oxygens (including phenoxy) is 3. The molecule has 0 spiro atoms. The Morgan fingerprint density at radius 2 is 1.96 bits per heavy atom. The molecule has 12 heteroatoms. The van der Waals surface area contributed by atoms with Crippen LogP contribution in [0.3, 0.4) is 0 Å². The summed E-state index contributed by atoms with van der Waals surface area (Å²) in [5, 5.41) is 22.0. The number of esters is 1. The molecule has 2 fully saturated rings. The molecule has 0 aromatic carbocycles. The van der Waals surface area contributed by atoms with Gasteiger partial charge < -0.3 is 29.7 Å². The first-order valence-corrected chi connectivity index (χ1v) is 8.88. The van der Waals surface area contributed by atoms with Crippen LogP contribution in [0.2, 0.25) is 0 Å². The number of fused-ring (bicyclic) bond motifs is 2. The minimum atomic E-state index is -2.71. The minimum Gasteiger partial charge on any atom is -0.507 e. The first-order valence-electron chi connectivity index (χ1n) is 7.83. The lowest BCUT2D eigenvalue weighted by molar-refractivity contribution is -0.206. The normalized spacial score (nSPS) is 27.4. The Morgan fingerprint density at radius 3 is 2.52 bits per heavy atom. The van der Waals surface area contributed by atoms with Crippen molar-refractivity contribution in [1.82, 2.24) is 10.2 Å². The average molecular weight is 404 g/mol. The monoisotopic (exact) mass is 404 g/mol. The van der Waals surface area contributed by atoms with E-state index in [-0.39, 0.29) is 66.8 Å². The van der Waals surface area contributed by atoms with Gasteiger partial charge in [-0.1, -0.05) is 11.8 Å². The molecule has 0 aromatic rings. The summed E-state index contributed by atoms with van der Waals surface area (Å²) in [6.07, 6.45) is 0. The van der Waals surface area contributed by atoms with Crippen molar-refractivity contribution in [2.45, 2.75) is 11.5 Å². The Balaban J connectivity index is 1.67. The molecule has 5 heterocycles. The van der Waals surface area contributed by atoms with Crippen LogP contribution >= 0.6 is 11.8 Å². The number of aliphatic hydroxyl groups excluding tert-OH is 2. The number of nitrogens with one attached hydrogen (secondary N) is 1. The number of alkyl halides is 2. The van der Waals surface area contributed by atoms with Crippen molar-refractivity contribution in [2.75, 3.05) is 32.1 Å². The third kappa shape index (κ3) is 2.75. The molecule has 1 amide bonds. The molecule has 27 heavy (non-hydrogen) atoms. The molecule has 146 valence electrons. The summed E-state index contributed by atoms with van der Waals surface area (Å²) in [5.74, 6) is -5.48. The maximum atomic E-state index is 12.4. The number of rotatable bonds is 5. The van der Waals surface area contributed by atoms with Crippen molar-refractivity contribution in [2.24, 2.45) is 0 Å². The zero-order chi connectivity index (χ0) is 19.3. The van der Waals surface area contributed by atoms with Crippen LogP contribution in [0, 0.1) is 0 Å². The summed E-state index contributed by atoms with van der Waals surface area (Å²) in [6.45, 7) is 0.0313. The number of nitrogens with zero attached hydrogens (tertiary/aromatic N) is 1. The van der Waals surface area contributed by atoms with Crippen molar-refractivity contribution in [3.05, 3.63) is 34.3 Å². The second kappa shape index (κ2) is 6.39. The first-order chi connectivity index (χ1) is 12.8. The molecule has 5 aliphatic rings. The van der Waals surface area contributed by atoms with Crippen LogP contribution in [0.1, 0.15) is 0 Å². The second-order valence-electron chi connectivity index (χ2n) is 6.14. The van der Waals surface area contributed by atoms with Crippen LogP contribution in [-0.2, 0) is 23.8 Å². The van der Waals surface area contributed by atoms with E-state index in [4.69, 9.17) is 14.2 Å². The lowest BCUT2D eigenvalue weighted by Crippen LogP contribution is -2.67. The number of aliphatic hydroxyl groups is 2. The molecule has 5 rings (SSSR count). The standard InChI is InChI=1S/C15H14F2N2O7S/c16-14(17)27-5-9(22)18-11-13-25-12(23)10(6-3-24-4-6)15(11,26-13)19-1-7(20)8(21)2-19/h14,20-21H,1-5H2,(H,18,22). The van der Waals surface area contributed by atoms with Crippen molar-refractivity contribution in [3.63, 3.8) is 0 Å². The van der Waals surface area contributed by atoms with Gasteiger partial charge in [-0.05, 0) is 5.57 Å². The van der Waals surface area contributed by atoms with Gasteiger partial charge in [0, 0.05) is 0 Å². The summed E-state index contributed by atoms with van der Waals surface area (Å²) in [7, 11) is 0. The quantitative estimate of drug-likeness (QED) is 0.444. The second-order valence-corrected chi connectivity index (χ2v) is 7.12. The van der Waals surface area contributed by atoms with Crippen molar-refractivity contribution >= 4 is 23.6 Å². The highest BCUT2D eigenvalue weighted by molar-refractivity contribution is 8.00. The molecule has 2 bridgehead atoms. The summed E-state index contributed by atoms with van der Waals surface area (Å²) in [4.78, 5) is 25.9. The minimum absolute atomic E-state index is 0.0684. The Morgan fingerprint density at radius 1 is 1.30 bits per heavy atom. The van der Waals surface area contributed by atoms with Gasteiger partial charge >= 0.3 is 11.9 Å². The summed E-state index contributed by atoms with van der Waals surface area (Å²) < 4.78 is 40.5. The zero-order valence-corrected chi connectivity index (χ0v) is 14.5. The summed E-state index contributed by atoms with van der Waals surface area (Å²) >= 11 is 0.149. The smallest absolute Gasteiger partial charge is 0.347 e. The average Bonchev–Trinajstić information content (AvgIpc) is 2.89. The SMILES string of the molecule is O=C(CSC(F)F)NC1=C2OC(=O)C(=C3COC3)C1(N1CC(O)=C(O)C1)O2. The number of halogens is 2. The van der Waals surface area contributed by atoms with E-state index in [1.807, 2.05) is 0 Å². The van der Waals surface area contributed by atoms with Gasteiger partial charge in [0.1, 0.15) is 17.1 Å².